The predicted molar refractivity (Wildman–Crippen MR) is 32.5 cm³/mol. The molecule has 0 amide bonds. The summed E-state index contributed by atoms with van der Waals surface area (Å²) < 4.78 is 0. The molecule has 0 aromatic rings. The van der Waals surface area contributed by atoms with Gasteiger partial charge < -0.3 is 0 Å². The Hall–Kier alpha value is 0. The van der Waals surface area contributed by atoms with Crippen molar-refractivity contribution in [3.8, 4) is 0 Å². The van der Waals surface area contributed by atoms with Gasteiger partial charge in [0.2, 0.25) is 0 Å². The monoisotopic (exact) mass is 108 g/mol. The third-order valence-corrected chi connectivity index (χ3v) is 3.61. The van der Waals surface area contributed by atoms with Crippen molar-refractivity contribution >= 4 is 0 Å². The summed E-state index contributed by atoms with van der Waals surface area (Å²) in [7, 11) is 0. The topological polar surface area (TPSA) is 0 Å². The zero-order valence-corrected chi connectivity index (χ0v) is 5.19. The molecule has 0 heteroatoms. The third-order valence-electron chi connectivity index (χ3n) is 3.61. The molecule has 3 rings (SSSR count). The van der Waals surface area contributed by atoms with Gasteiger partial charge in [-0.25, -0.2) is 0 Å². The molecule has 0 heterocycles. The quantitative estimate of drug-likeness (QED) is 0.446. The van der Waals surface area contributed by atoms with Crippen LogP contribution in [0.2, 0.25) is 0 Å². The van der Waals surface area contributed by atoms with Crippen molar-refractivity contribution in [3.05, 3.63) is 0 Å². The van der Waals surface area contributed by atoms with E-state index in [-0.39, 0.29) is 0 Å². The largest absolute Gasteiger partial charge is 0.0496 e. The average Bonchev–Trinajstić information content (AvgIpc) is 2.46. The van der Waals surface area contributed by atoms with Gasteiger partial charge >= 0.3 is 0 Å². The van der Waals surface area contributed by atoms with E-state index in [0.29, 0.717) is 0 Å². The van der Waals surface area contributed by atoms with Crippen LogP contribution in [0.4, 0.5) is 0 Å². The second kappa shape index (κ2) is 0.872. The maximum Gasteiger partial charge on any atom is -0.0266 e. The van der Waals surface area contributed by atoms with E-state index in [9.17, 15) is 0 Å². The smallest absolute Gasteiger partial charge is 0.0266 e. The molecule has 0 aliphatic heterocycles. The van der Waals surface area contributed by atoms with Gasteiger partial charge in [-0.2, -0.15) is 0 Å². The highest BCUT2D eigenvalue weighted by Gasteiger charge is 2.63. The van der Waals surface area contributed by atoms with Crippen LogP contribution in [0.1, 0.15) is 32.1 Å². The minimum atomic E-state index is 0.977. The van der Waals surface area contributed by atoms with Crippen LogP contribution in [-0.2, 0) is 0 Å². The van der Waals surface area contributed by atoms with Crippen LogP contribution in [0.3, 0.4) is 0 Å². The van der Waals surface area contributed by atoms with Gasteiger partial charge in [-0.15, -0.1) is 0 Å². The molecule has 0 unspecified atom stereocenters. The molecule has 2 atom stereocenters. The number of hydrogen-bond donors (Lipinski definition) is 0. The van der Waals surface area contributed by atoms with Gasteiger partial charge in [-0.1, -0.05) is 0 Å². The zero-order valence-electron chi connectivity index (χ0n) is 5.19. The molecule has 0 aromatic carbocycles. The van der Waals surface area contributed by atoms with Crippen molar-refractivity contribution in [1.82, 2.24) is 0 Å². The minimum absolute atomic E-state index is 0.977. The molecule has 0 N–H and O–H groups in total. The standard InChI is InChI=1S/C8H12/c1-2-8(3-4-8)7-5-6(1)7/h6-7H,1-5H2/t6-,7-/m1/s1. The summed E-state index contributed by atoms with van der Waals surface area (Å²) in [6.07, 6.45) is 7.98. The maximum absolute atomic E-state index is 1.61. The summed E-state index contributed by atoms with van der Waals surface area (Å²) in [4.78, 5) is 0. The minimum Gasteiger partial charge on any atom is -0.0496 e. The summed E-state index contributed by atoms with van der Waals surface area (Å²) >= 11 is 0. The fraction of sp³-hybridized carbons (Fsp3) is 1.00. The zero-order chi connectivity index (χ0) is 5.19. The van der Waals surface area contributed by atoms with Crippen LogP contribution >= 0.6 is 0 Å². The highest BCUT2D eigenvalue weighted by Crippen LogP contribution is 2.73. The van der Waals surface area contributed by atoms with Crippen LogP contribution in [-0.4, -0.2) is 0 Å². The van der Waals surface area contributed by atoms with Gasteiger partial charge in [-0.05, 0) is 49.4 Å². The van der Waals surface area contributed by atoms with Gasteiger partial charge in [0.25, 0.3) is 0 Å². The van der Waals surface area contributed by atoms with E-state index >= 15 is 0 Å². The second-order valence-corrected chi connectivity index (χ2v) is 4.00. The lowest BCUT2D eigenvalue weighted by Crippen LogP contribution is -1.95. The van der Waals surface area contributed by atoms with Crippen molar-refractivity contribution in [2.45, 2.75) is 32.1 Å². The molecule has 8 heavy (non-hydrogen) atoms. The number of hydrogen-bond acceptors (Lipinski definition) is 0. The fourth-order valence-corrected chi connectivity index (χ4v) is 2.76. The molecule has 44 valence electrons. The van der Waals surface area contributed by atoms with Gasteiger partial charge in [0.1, 0.15) is 0 Å². The van der Waals surface area contributed by atoms with E-state index in [0.717, 1.165) is 5.41 Å². The third kappa shape index (κ3) is 0.284. The molecule has 0 radical (unpaired) electrons. The van der Waals surface area contributed by atoms with Crippen LogP contribution < -0.4 is 0 Å². The highest BCUT2D eigenvalue weighted by molar-refractivity contribution is 5.13. The Kier molecular flexibility index (Phi) is 0.427. The highest BCUT2D eigenvalue weighted by atomic mass is 14.7. The summed E-state index contributed by atoms with van der Waals surface area (Å²) in [6.45, 7) is 0. The van der Waals surface area contributed by atoms with Crippen molar-refractivity contribution in [1.29, 1.82) is 0 Å². The van der Waals surface area contributed by atoms with Gasteiger partial charge in [0.05, 0.1) is 0 Å². The Morgan fingerprint density at radius 2 is 2.00 bits per heavy atom. The molecule has 0 saturated heterocycles. The van der Waals surface area contributed by atoms with E-state index in [1.54, 1.807) is 32.1 Å². The Morgan fingerprint density at radius 1 is 1.12 bits per heavy atom. The molecular formula is C8H12. The summed E-state index contributed by atoms with van der Waals surface area (Å²) in [5.74, 6) is 2.46. The lowest BCUT2D eigenvalue weighted by atomic mass is 10.0. The lowest BCUT2D eigenvalue weighted by molar-refractivity contribution is 0.460. The molecule has 1 spiro atoms. The van der Waals surface area contributed by atoms with E-state index in [4.69, 9.17) is 0 Å². The Balaban J connectivity index is 1.99. The average molecular weight is 108 g/mol. The maximum atomic E-state index is 1.61. The van der Waals surface area contributed by atoms with E-state index in [1.807, 2.05) is 0 Å². The fourth-order valence-electron chi connectivity index (χ4n) is 2.76. The Bertz CT molecular complexity index is 133. The number of fused-ring (bicyclic) bond motifs is 2. The first-order chi connectivity index (χ1) is 3.91. The molecular weight excluding hydrogens is 96.1 g/mol. The SMILES string of the molecule is C1CC2(CC2)[C@@H]2C[C@@H]12. The van der Waals surface area contributed by atoms with Gasteiger partial charge in [-0.3, -0.25) is 0 Å². The van der Waals surface area contributed by atoms with Crippen molar-refractivity contribution in [2.24, 2.45) is 17.3 Å². The van der Waals surface area contributed by atoms with Gasteiger partial charge in [0.15, 0.2) is 0 Å². The first-order valence-corrected chi connectivity index (χ1v) is 3.91. The molecule has 3 aliphatic carbocycles. The van der Waals surface area contributed by atoms with Gasteiger partial charge in [0, 0.05) is 0 Å². The molecule has 3 aliphatic rings. The number of rotatable bonds is 0. The van der Waals surface area contributed by atoms with Crippen molar-refractivity contribution in [3.63, 3.8) is 0 Å². The van der Waals surface area contributed by atoms with Crippen LogP contribution in [0.15, 0.2) is 0 Å². The van der Waals surface area contributed by atoms with Crippen molar-refractivity contribution in [2.75, 3.05) is 0 Å². The second-order valence-electron chi connectivity index (χ2n) is 4.00. The molecule has 0 aromatic heterocycles. The molecule has 0 nitrogen and oxygen atoms in total. The summed E-state index contributed by atoms with van der Waals surface area (Å²) in [6, 6.07) is 0. The summed E-state index contributed by atoms with van der Waals surface area (Å²) in [5, 5.41) is 0. The first-order valence-electron chi connectivity index (χ1n) is 3.91. The van der Waals surface area contributed by atoms with E-state index < -0.39 is 0 Å². The predicted octanol–water partition coefficient (Wildman–Crippen LogP) is 2.20. The molecule has 3 saturated carbocycles. The van der Waals surface area contributed by atoms with Crippen LogP contribution in [0, 0.1) is 17.3 Å². The Labute approximate surface area is 50.3 Å². The molecule has 3 fully saturated rings. The summed E-state index contributed by atoms with van der Waals surface area (Å²) in [5.41, 5.74) is 0.977. The normalized spacial score (nSPS) is 54.0. The first kappa shape index (κ1) is 3.92. The van der Waals surface area contributed by atoms with Crippen molar-refractivity contribution < 1.29 is 0 Å². The van der Waals surface area contributed by atoms with Crippen LogP contribution in [0.5, 0.6) is 0 Å². The Morgan fingerprint density at radius 3 is 2.25 bits per heavy atom. The molecule has 0 bridgehead atoms. The van der Waals surface area contributed by atoms with E-state index in [1.165, 1.54) is 11.8 Å². The van der Waals surface area contributed by atoms with Crippen LogP contribution in [0.25, 0.3) is 0 Å². The van der Waals surface area contributed by atoms with E-state index in [2.05, 4.69) is 0 Å². The lowest BCUT2D eigenvalue weighted by Gasteiger charge is -2.03.